The van der Waals surface area contributed by atoms with E-state index in [1.807, 2.05) is 31.2 Å². The van der Waals surface area contributed by atoms with E-state index in [0.29, 0.717) is 13.2 Å². The van der Waals surface area contributed by atoms with Crippen molar-refractivity contribution in [1.82, 2.24) is 0 Å². The molecule has 0 spiro atoms. The highest BCUT2D eigenvalue weighted by Gasteiger charge is 2.23. The molecule has 0 saturated carbocycles. The van der Waals surface area contributed by atoms with E-state index in [1.165, 1.54) is 0 Å². The van der Waals surface area contributed by atoms with Gasteiger partial charge in [0.15, 0.2) is 0 Å². The topological polar surface area (TPSA) is 38.7 Å². The maximum absolute atomic E-state index is 10.3. The quantitative estimate of drug-likeness (QED) is 0.873. The molecule has 1 heterocycles. The molecule has 17 heavy (non-hydrogen) atoms. The van der Waals surface area contributed by atoms with Crippen LogP contribution >= 0.6 is 0 Å². The predicted molar refractivity (Wildman–Crippen MR) is 66.1 cm³/mol. The number of ether oxygens (including phenoxy) is 2. The molecular weight excluding hydrogens is 216 g/mol. The minimum absolute atomic E-state index is 0.209. The van der Waals surface area contributed by atoms with E-state index in [1.54, 1.807) is 0 Å². The summed E-state index contributed by atoms with van der Waals surface area (Å²) in [6, 6.07) is 7.70. The van der Waals surface area contributed by atoms with Crippen molar-refractivity contribution in [3.8, 4) is 5.75 Å². The van der Waals surface area contributed by atoms with Gasteiger partial charge >= 0.3 is 0 Å². The molecule has 0 aliphatic carbocycles. The van der Waals surface area contributed by atoms with E-state index in [9.17, 15) is 5.11 Å². The molecule has 0 bridgehead atoms. The lowest BCUT2D eigenvalue weighted by atomic mass is 9.91. The second-order valence-electron chi connectivity index (χ2n) is 4.43. The van der Waals surface area contributed by atoms with Gasteiger partial charge in [-0.25, -0.2) is 0 Å². The Morgan fingerprint density at radius 2 is 2.41 bits per heavy atom. The van der Waals surface area contributed by atoms with Gasteiger partial charge in [-0.2, -0.15) is 0 Å². The zero-order valence-electron chi connectivity index (χ0n) is 10.3. The summed E-state index contributed by atoms with van der Waals surface area (Å²) in [5, 5.41) is 10.3. The van der Waals surface area contributed by atoms with Gasteiger partial charge in [0.2, 0.25) is 0 Å². The Labute approximate surface area is 102 Å². The number of rotatable bonds is 4. The van der Waals surface area contributed by atoms with Crippen LogP contribution in [-0.4, -0.2) is 24.9 Å². The Balaban J connectivity index is 2.06. The molecule has 3 nitrogen and oxygen atoms in total. The molecule has 1 aliphatic heterocycles. The maximum Gasteiger partial charge on any atom is 0.119 e. The Kier molecular flexibility index (Phi) is 4.40. The van der Waals surface area contributed by atoms with Crippen molar-refractivity contribution in [1.29, 1.82) is 0 Å². The lowest BCUT2D eigenvalue weighted by Gasteiger charge is -2.27. The molecule has 1 saturated heterocycles. The van der Waals surface area contributed by atoms with Gasteiger partial charge in [-0.15, -0.1) is 0 Å². The highest BCUT2D eigenvalue weighted by Crippen LogP contribution is 2.30. The normalized spacial score (nSPS) is 22.1. The Bertz CT molecular complexity index is 345. The van der Waals surface area contributed by atoms with Gasteiger partial charge in [0.1, 0.15) is 5.75 Å². The molecule has 2 unspecified atom stereocenters. The largest absolute Gasteiger partial charge is 0.494 e. The fourth-order valence-corrected chi connectivity index (χ4v) is 2.24. The summed E-state index contributed by atoms with van der Waals surface area (Å²) in [5.74, 6) is 1.03. The second kappa shape index (κ2) is 6.03. The molecule has 2 rings (SSSR count). The first-order valence-electron chi connectivity index (χ1n) is 6.30. The van der Waals surface area contributed by atoms with Crippen LogP contribution in [0.4, 0.5) is 0 Å². The first kappa shape index (κ1) is 12.4. The third-order valence-electron chi connectivity index (χ3n) is 3.15. The Morgan fingerprint density at radius 3 is 3.12 bits per heavy atom. The van der Waals surface area contributed by atoms with Crippen LogP contribution in [-0.2, 0) is 4.74 Å². The summed E-state index contributed by atoms with van der Waals surface area (Å²) in [6.07, 6.45) is 1.61. The number of benzene rings is 1. The zero-order chi connectivity index (χ0) is 12.1. The van der Waals surface area contributed by atoms with Crippen LogP contribution in [0.1, 0.15) is 31.4 Å². The monoisotopic (exact) mass is 236 g/mol. The van der Waals surface area contributed by atoms with Gasteiger partial charge in [-0.1, -0.05) is 12.1 Å². The Hall–Kier alpha value is -1.06. The first-order valence-corrected chi connectivity index (χ1v) is 6.30. The lowest BCUT2D eigenvalue weighted by Crippen LogP contribution is -2.23. The smallest absolute Gasteiger partial charge is 0.119 e. The van der Waals surface area contributed by atoms with Crippen LogP contribution in [0, 0.1) is 5.92 Å². The van der Waals surface area contributed by atoms with Crippen LogP contribution in [0.3, 0.4) is 0 Å². The van der Waals surface area contributed by atoms with Gasteiger partial charge < -0.3 is 14.6 Å². The van der Waals surface area contributed by atoms with E-state index in [4.69, 9.17) is 9.47 Å². The fraction of sp³-hybridized carbons (Fsp3) is 0.571. The molecule has 1 aliphatic rings. The predicted octanol–water partition coefficient (Wildman–Crippen LogP) is 2.55. The number of aliphatic hydroxyl groups excluding tert-OH is 1. The number of aliphatic hydroxyl groups is 1. The fourth-order valence-electron chi connectivity index (χ4n) is 2.24. The van der Waals surface area contributed by atoms with E-state index in [-0.39, 0.29) is 5.92 Å². The summed E-state index contributed by atoms with van der Waals surface area (Å²) in [4.78, 5) is 0. The lowest BCUT2D eigenvalue weighted by molar-refractivity contribution is -0.0100. The van der Waals surface area contributed by atoms with Crippen molar-refractivity contribution in [3.63, 3.8) is 0 Å². The summed E-state index contributed by atoms with van der Waals surface area (Å²) in [5.41, 5.74) is 0.923. The summed E-state index contributed by atoms with van der Waals surface area (Å²) in [7, 11) is 0. The van der Waals surface area contributed by atoms with Crippen molar-refractivity contribution in [2.45, 2.75) is 25.9 Å². The van der Waals surface area contributed by atoms with Crippen molar-refractivity contribution >= 4 is 0 Å². The van der Waals surface area contributed by atoms with Crippen LogP contribution in [0.15, 0.2) is 24.3 Å². The van der Waals surface area contributed by atoms with Crippen molar-refractivity contribution in [2.24, 2.45) is 5.92 Å². The van der Waals surface area contributed by atoms with Gasteiger partial charge in [-0.05, 0) is 37.5 Å². The molecule has 1 N–H and O–H groups in total. The molecule has 2 atom stereocenters. The molecular formula is C14H20O3. The third kappa shape index (κ3) is 3.20. The van der Waals surface area contributed by atoms with E-state index >= 15 is 0 Å². The van der Waals surface area contributed by atoms with E-state index < -0.39 is 6.10 Å². The summed E-state index contributed by atoms with van der Waals surface area (Å²) in [6.45, 7) is 4.08. The molecule has 3 heteroatoms. The van der Waals surface area contributed by atoms with E-state index in [2.05, 4.69) is 0 Å². The molecule has 1 fully saturated rings. The van der Waals surface area contributed by atoms with Crippen LogP contribution in [0.2, 0.25) is 0 Å². The van der Waals surface area contributed by atoms with Gasteiger partial charge in [0.25, 0.3) is 0 Å². The van der Waals surface area contributed by atoms with Crippen molar-refractivity contribution < 1.29 is 14.6 Å². The average molecular weight is 236 g/mol. The van der Waals surface area contributed by atoms with Gasteiger partial charge in [0, 0.05) is 12.5 Å². The highest BCUT2D eigenvalue weighted by atomic mass is 16.5. The minimum Gasteiger partial charge on any atom is -0.494 e. The average Bonchev–Trinajstić information content (AvgIpc) is 2.40. The standard InChI is InChI=1S/C14H20O3/c1-2-17-13-7-3-5-11(9-13)14(15)12-6-4-8-16-10-12/h3,5,7,9,12,14-15H,2,4,6,8,10H2,1H3. The van der Waals surface area contributed by atoms with Crippen LogP contribution in [0.25, 0.3) is 0 Å². The number of hydrogen-bond acceptors (Lipinski definition) is 3. The molecule has 0 aromatic heterocycles. The van der Waals surface area contributed by atoms with Crippen molar-refractivity contribution in [3.05, 3.63) is 29.8 Å². The van der Waals surface area contributed by atoms with Crippen LogP contribution < -0.4 is 4.74 Å². The second-order valence-corrected chi connectivity index (χ2v) is 4.43. The zero-order valence-corrected chi connectivity index (χ0v) is 10.3. The van der Waals surface area contributed by atoms with Gasteiger partial charge in [0.05, 0.1) is 19.3 Å². The minimum atomic E-state index is -0.448. The third-order valence-corrected chi connectivity index (χ3v) is 3.15. The molecule has 0 amide bonds. The SMILES string of the molecule is CCOc1cccc(C(O)C2CCCOC2)c1. The maximum atomic E-state index is 10.3. The summed E-state index contributed by atoms with van der Waals surface area (Å²) < 4.78 is 10.9. The molecule has 94 valence electrons. The van der Waals surface area contributed by atoms with E-state index in [0.717, 1.165) is 30.8 Å². The molecule has 1 aromatic rings. The van der Waals surface area contributed by atoms with Crippen molar-refractivity contribution in [2.75, 3.05) is 19.8 Å². The highest BCUT2D eigenvalue weighted by molar-refractivity contribution is 5.30. The first-order chi connectivity index (χ1) is 8.31. The summed E-state index contributed by atoms with van der Waals surface area (Å²) >= 11 is 0. The van der Waals surface area contributed by atoms with Gasteiger partial charge in [-0.3, -0.25) is 0 Å². The van der Waals surface area contributed by atoms with Crippen LogP contribution in [0.5, 0.6) is 5.75 Å². The molecule has 1 aromatic carbocycles. The molecule has 0 radical (unpaired) electrons. The number of hydrogen-bond donors (Lipinski definition) is 1. The Morgan fingerprint density at radius 1 is 1.53 bits per heavy atom.